The lowest BCUT2D eigenvalue weighted by Crippen LogP contribution is -2.32. The van der Waals surface area contributed by atoms with E-state index in [9.17, 15) is 14.4 Å². The van der Waals surface area contributed by atoms with Crippen LogP contribution in [0.3, 0.4) is 0 Å². The summed E-state index contributed by atoms with van der Waals surface area (Å²) in [5, 5.41) is 13.7. The van der Waals surface area contributed by atoms with Crippen LogP contribution in [0.4, 0.5) is 0 Å². The van der Waals surface area contributed by atoms with Crippen LogP contribution in [0.2, 0.25) is 0 Å². The molecule has 26 heavy (non-hydrogen) atoms. The van der Waals surface area contributed by atoms with Gasteiger partial charge in [0, 0.05) is 14.6 Å². The van der Waals surface area contributed by atoms with E-state index in [2.05, 4.69) is 10.3 Å². The molecule has 1 aromatic carbocycles. The van der Waals surface area contributed by atoms with Crippen LogP contribution in [0, 0.1) is 21.8 Å². The third-order valence-corrected chi connectivity index (χ3v) is 5.19. The van der Waals surface area contributed by atoms with E-state index in [1.165, 1.54) is 11.3 Å². The van der Waals surface area contributed by atoms with Crippen molar-refractivity contribution in [2.24, 2.45) is 0 Å². The van der Waals surface area contributed by atoms with E-state index in [0.29, 0.717) is 16.3 Å². The average Bonchev–Trinajstić information content (AvgIpc) is 3.05. The summed E-state index contributed by atoms with van der Waals surface area (Å²) in [5.41, 5.74) is 1.16. The van der Waals surface area contributed by atoms with Gasteiger partial charge in [0.05, 0.1) is 11.6 Å². The number of nitriles is 1. The maximum Gasteiger partial charge on any atom is 0.325 e. The van der Waals surface area contributed by atoms with Crippen LogP contribution in [-0.2, 0) is 14.3 Å². The fourth-order valence-corrected chi connectivity index (χ4v) is 3.44. The van der Waals surface area contributed by atoms with E-state index in [-0.39, 0.29) is 6.54 Å². The summed E-state index contributed by atoms with van der Waals surface area (Å²) in [6.07, 6.45) is 0. The number of rotatable bonds is 7. The Bertz CT molecular complexity index is 875. The Morgan fingerprint density at radius 3 is 2.73 bits per heavy atom. The number of aromatic nitrogens is 1. The number of hydrogen-bond donors (Lipinski definition) is 1. The zero-order valence-electron chi connectivity index (χ0n) is 13.7. The molecule has 0 spiro atoms. The van der Waals surface area contributed by atoms with E-state index >= 15 is 0 Å². The van der Waals surface area contributed by atoms with Gasteiger partial charge in [-0.25, -0.2) is 4.98 Å². The Morgan fingerprint density at radius 1 is 1.38 bits per heavy atom. The molecule has 134 valence electrons. The third kappa shape index (κ3) is 5.34. The lowest BCUT2D eigenvalue weighted by molar-refractivity contribution is -0.146. The predicted octanol–water partition coefficient (Wildman–Crippen LogP) is 2.21. The number of ketones is 1. The summed E-state index contributed by atoms with van der Waals surface area (Å²) < 4.78 is 5.60. The van der Waals surface area contributed by atoms with Crippen LogP contribution in [0.25, 0.3) is 0 Å². The summed E-state index contributed by atoms with van der Waals surface area (Å²) >= 11 is 3.22. The van der Waals surface area contributed by atoms with Crippen LogP contribution < -0.4 is 5.32 Å². The van der Waals surface area contributed by atoms with Crippen molar-refractivity contribution in [3.8, 4) is 6.07 Å². The average molecular weight is 483 g/mol. The molecular formula is C17H14IN3O4S. The molecule has 0 saturated carbocycles. The molecule has 9 heteroatoms. The highest BCUT2D eigenvalue weighted by Gasteiger charge is 2.24. The molecule has 7 nitrogen and oxygen atoms in total. The third-order valence-electron chi connectivity index (χ3n) is 3.22. The van der Waals surface area contributed by atoms with Gasteiger partial charge in [0.2, 0.25) is 0 Å². The Labute approximate surface area is 167 Å². The minimum atomic E-state index is -1.07. The smallest absolute Gasteiger partial charge is 0.325 e. The van der Waals surface area contributed by atoms with Crippen molar-refractivity contribution >= 4 is 51.6 Å². The number of Topliss-reactive ketones (excluding diaryl/α,β-unsaturated/α-hetero) is 1. The van der Waals surface area contributed by atoms with E-state index in [1.54, 1.807) is 36.6 Å². The maximum absolute atomic E-state index is 12.1. The van der Waals surface area contributed by atoms with Crippen LogP contribution in [0.5, 0.6) is 0 Å². The number of ether oxygens (including phenoxy) is 1. The molecular weight excluding hydrogens is 469 g/mol. The zero-order chi connectivity index (χ0) is 19.1. The summed E-state index contributed by atoms with van der Waals surface area (Å²) in [5.74, 6) is -2.79. The first-order valence-electron chi connectivity index (χ1n) is 7.45. The number of esters is 1. The molecule has 0 unspecified atom stereocenters. The summed E-state index contributed by atoms with van der Waals surface area (Å²) in [6.45, 7) is 0.842. The highest BCUT2D eigenvalue weighted by Crippen LogP contribution is 2.20. The number of carbonyl (C=O) groups is 3. The molecule has 2 aromatic rings. The molecule has 0 saturated heterocycles. The van der Waals surface area contributed by atoms with Crippen molar-refractivity contribution in [2.45, 2.75) is 12.8 Å². The number of nitrogens with one attached hydrogen (secondary N) is 1. The Hall–Kier alpha value is -2.32. The fourth-order valence-electron chi connectivity index (χ4n) is 1.95. The largest absolute Gasteiger partial charge is 0.456 e. The first-order chi connectivity index (χ1) is 12.4. The quantitative estimate of drug-likeness (QED) is 0.478. The van der Waals surface area contributed by atoms with E-state index in [4.69, 9.17) is 10.00 Å². The second kappa shape index (κ2) is 9.40. The Kier molecular flexibility index (Phi) is 7.23. The number of hydrogen-bond acceptors (Lipinski definition) is 7. The summed E-state index contributed by atoms with van der Waals surface area (Å²) in [4.78, 5) is 39.9. The number of amides is 1. The highest BCUT2D eigenvalue weighted by molar-refractivity contribution is 14.1. The van der Waals surface area contributed by atoms with Gasteiger partial charge in [-0.1, -0.05) is 12.1 Å². The molecule has 0 aliphatic rings. The molecule has 1 aromatic heterocycles. The van der Waals surface area contributed by atoms with Gasteiger partial charge < -0.3 is 10.1 Å². The lowest BCUT2D eigenvalue weighted by atomic mass is 10.1. The lowest BCUT2D eigenvalue weighted by Gasteiger charge is -2.08. The highest BCUT2D eigenvalue weighted by atomic mass is 127. The predicted molar refractivity (Wildman–Crippen MR) is 103 cm³/mol. The minimum absolute atomic E-state index is 0.370. The van der Waals surface area contributed by atoms with Gasteiger partial charge in [0.15, 0.2) is 18.3 Å². The number of thiazole rings is 1. The van der Waals surface area contributed by atoms with Crippen LogP contribution in [0.1, 0.15) is 27.0 Å². The van der Waals surface area contributed by atoms with Crippen LogP contribution >= 0.6 is 33.9 Å². The minimum Gasteiger partial charge on any atom is -0.456 e. The molecule has 1 N–H and O–H groups in total. The van der Waals surface area contributed by atoms with Gasteiger partial charge in [-0.2, -0.15) is 5.26 Å². The summed E-state index contributed by atoms with van der Waals surface area (Å²) in [7, 11) is 0. The fraction of sp³-hybridized carbons (Fsp3) is 0.235. The molecule has 1 atom stereocenters. The molecule has 0 aliphatic heterocycles. The van der Waals surface area contributed by atoms with Crippen molar-refractivity contribution in [3.63, 3.8) is 0 Å². The summed E-state index contributed by atoms with van der Waals surface area (Å²) in [6, 6.07) is 8.80. The van der Waals surface area contributed by atoms with Crippen LogP contribution in [0.15, 0.2) is 29.6 Å². The molecule has 1 amide bonds. The van der Waals surface area contributed by atoms with E-state index in [1.807, 2.05) is 28.7 Å². The number of carbonyl (C=O) groups excluding carboxylic acids is 3. The first-order valence-corrected chi connectivity index (χ1v) is 9.41. The molecule has 1 heterocycles. The van der Waals surface area contributed by atoms with Gasteiger partial charge in [-0.3, -0.25) is 14.4 Å². The SMILES string of the molecule is Cc1csc([C@@H](C#N)C(=O)COC(=O)CNC(=O)c2ccccc2I)n1. The maximum atomic E-state index is 12.1. The molecule has 0 fully saturated rings. The number of benzene rings is 1. The number of nitrogens with zero attached hydrogens (tertiary/aromatic N) is 2. The second-order valence-electron chi connectivity index (χ2n) is 5.18. The molecule has 0 aliphatic carbocycles. The molecule has 2 rings (SSSR count). The standard InChI is InChI=1S/C17H14IN3O4S/c1-10-9-26-17(21-10)12(6-19)14(22)8-25-15(23)7-20-16(24)11-4-2-3-5-13(11)18/h2-5,9,12H,7-8H2,1H3,(H,20,24)/t12-/m0/s1. The molecule has 0 radical (unpaired) electrons. The van der Waals surface area contributed by atoms with Crippen molar-refractivity contribution < 1.29 is 19.1 Å². The topological polar surface area (TPSA) is 109 Å². The van der Waals surface area contributed by atoms with Crippen LogP contribution in [-0.4, -0.2) is 35.8 Å². The van der Waals surface area contributed by atoms with E-state index < -0.39 is 30.2 Å². The molecule has 0 bridgehead atoms. The van der Waals surface area contributed by atoms with Crippen molar-refractivity contribution in [1.29, 1.82) is 5.26 Å². The number of halogens is 1. The van der Waals surface area contributed by atoms with Gasteiger partial charge >= 0.3 is 5.97 Å². The Balaban J connectivity index is 1.83. The van der Waals surface area contributed by atoms with Gasteiger partial charge in [-0.05, 0) is 41.6 Å². The van der Waals surface area contributed by atoms with Gasteiger partial charge in [-0.15, -0.1) is 11.3 Å². The van der Waals surface area contributed by atoms with E-state index in [0.717, 1.165) is 3.57 Å². The second-order valence-corrected chi connectivity index (χ2v) is 7.23. The monoisotopic (exact) mass is 483 g/mol. The zero-order valence-corrected chi connectivity index (χ0v) is 16.7. The van der Waals surface area contributed by atoms with Crippen molar-refractivity contribution in [1.82, 2.24) is 10.3 Å². The van der Waals surface area contributed by atoms with Crippen molar-refractivity contribution in [2.75, 3.05) is 13.2 Å². The van der Waals surface area contributed by atoms with Crippen molar-refractivity contribution in [3.05, 3.63) is 49.5 Å². The first kappa shape index (κ1) is 20.0. The Morgan fingerprint density at radius 2 is 2.12 bits per heavy atom. The number of aryl methyl sites for hydroxylation is 1. The normalized spacial score (nSPS) is 11.3. The van der Waals surface area contributed by atoms with Gasteiger partial charge in [0.25, 0.3) is 5.91 Å². The van der Waals surface area contributed by atoms with Gasteiger partial charge in [0.1, 0.15) is 11.6 Å².